The van der Waals surface area contributed by atoms with Crippen LogP contribution in [0.5, 0.6) is 5.75 Å². The summed E-state index contributed by atoms with van der Waals surface area (Å²) in [6.45, 7) is 3.52. The molecule has 0 bridgehead atoms. The number of aryl methyl sites for hydroxylation is 1. The topological polar surface area (TPSA) is 63.6 Å². The van der Waals surface area contributed by atoms with Gasteiger partial charge in [0.25, 0.3) is 5.91 Å². The molecule has 0 saturated carbocycles. The lowest BCUT2D eigenvalue weighted by atomic mass is 10.2. The van der Waals surface area contributed by atoms with Gasteiger partial charge in [-0.25, -0.2) is 5.43 Å². The summed E-state index contributed by atoms with van der Waals surface area (Å²) < 4.78 is 5.60. The van der Waals surface area contributed by atoms with Crippen LogP contribution in [0.15, 0.2) is 47.7 Å². The van der Waals surface area contributed by atoms with Crippen molar-refractivity contribution in [2.24, 2.45) is 5.10 Å². The zero-order valence-electron chi connectivity index (χ0n) is 12.3. The van der Waals surface area contributed by atoms with Crippen molar-refractivity contribution in [3.8, 4) is 5.75 Å². The Balaban J connectivity index is 1.91. The average molecular weight is 318 g/mol. The van der Waals surface area contributed by atoms with Crippen LogP contribution in [0.25, 0.3) is 0 Å². The maximum Gasteiger partial charge on any atom is 0.280 e. The molecule has 1 aromatic carbocycles. The minimum atomic E-state index is -0.680. The number of hydrazone groups is 1. The zero-order chi connectivity index (χ0) is 15.9. The first kappa shape index (κ1) is 16.0. The number of benzene rings is 1. The molecule has 1 unspecified atom stereocenters. The Labute approximate surface area is 134 Å². The summed E-state index contributed by atoms with van der Waals surface area (Å²) in [6.07, 6.45) is 2.44. The van der Waals surface area contributed by atoms with Crippen molar-refractivity contribution in [2.75, 3.05) is 0 Å². The highest BCUT2D eigenvalue weighted by Gasteiger charge is 2.15. The maximum atomic E-state index is 11.9. The van der Waals surface area contributed by atoms with Gasteiger partial charge in [-0.05, 0) is 49.7 Å². The highest BCUT2D eigenvalue weighted by atomic mass is 35.5. The molecule has 0 saturated heterocycles. The van der Waals surface area contributed by atoms with Gasteiger partial charge in [0.05, 0.1) is 11.9 Å². The van der Waals surface area contributed by atoms with Gasteiger partial charge in [-0.15, -0.1) is 0 Å². The van der Waals surface area contributed by atoms with E-state index in [2.05, 4.69) is 15.5 Å². The van der Waals surface area contributed by atoms with Crippen molar-refractivity contribution in [1.82, 2.24) is 10.4 Å². The van der Waals surface area contributed by atoms with Crippen molar-refractivity contribution in [1.29, 1.82) is 0 Å². The van der Waals surface area contributed by atoms with Crippen LogP contribution in [0.3, 0.4) is 0 Å². The molecule has 0 spiro atoms. The molecule has 1 N–H and O–H groups in total. The molecule has 2 rings (SSSR count). The Morgan fingerprint density at radius 1 is 1.41 bits per heavy atom. The number of halogens is 1. The largest absolute Gasteiger partial charge is 0.481 e. The molecule has 0 fully saturated rings. The smallest absolute Gasteiger partial charge is 0.280 e. The molecule has 2 aromatic rings. The minimum absolute atomic E-state index is 0.346. The van der Waals surface area contributed by atoms with E-state index in [1.54, 1.807) is 43.5 Å². The first-order chi connectivity index (χ1) is 10.6. The lowest BCUT2D eigenvalue weighted by molar-refractivity contribution is -0.127. The molecule has 1 amide bonds. The Morgan fingerprint density at radius 2 is 2.23 bits per heavy atom. The Kier molecular flexibility index (Phi) is 5.49. The predicted molar refractivity (Wildman–Crippen MR) is 86.3 cm³/mol. The molecule has 0 aliphatic carbocycles. The van der Waals surface area contributed by atoms with E-state index in [1.807, 2.05) is 13.0 Å². The standard InChI is InChI=1S/C16H16ClN3O2/c1-11-9-13(17)6-7-15(11)22-12(2)16(21)20-19-10-14-5-3-4-8-18-14/h3-10,12H,1-2H3,(H,20,21). The molecule has 0 aliphatic rings. The molecule has 0 aliphatic heterocycles. The van der Waals surface area contributed by atoms with E-state index in [0.29, 0.717) is 16.5 Å². The van der Waals surface area contributed by atoms with Gasteiger partial charge >= 0.3 is 0 Å². The molecule has 1 heterocycles. The van der Waals surface area contributed by atoms with E-state index in [4.69, 9.17) is 16.3 Å². The van der Waals surface area contributed by atoms with Crippen LogP contribution in [-0.2, 0) is 4.79 Å². The first-order valence-corrected chi connectivity index (χ1v) is 7.11. The number of pyridine rings is 1. The van der Waals surface area contributed by atoms with Gasteiger partial charge in [0.15, 0.2) is 6.10 Å². The molecule has 22 heavy (non-hydrogen) atoms. The first-order valence-electron chi connectivity index (χ1n) is 6.73. The van der Waals surface area contributed by atoms with Gasteiger partial charge in [-0.3, -0.25) is 9.78 Å². The van der Waals surface area contributed by atoms with Crippen molar-refractivity contribution >= 4 is 23.7 Å². The molecule has 1 aromatic heterocycles. The third-order valence-electron chi connectivity index (χ3n) is 2.87. The fraction of sp³-hybridized carbons (Fsp3) is 0.188. The Morgan fingerprint density at radius 3 is 2.91 bits per heavy atom. The molecule has 1 atom stereocenters. The van der Waals surface area contributed by atoms with Crippen LogP contribution in [0, 0.1) is 6.92 Å². The quantitative estimate of drug-likeness (QED) is 0.681. The number of amides is 1. The third-order valence-corrected chi connectivity index (χ3v) is 3.10. The SMILES string of the molecule is Cc1cc(Cl)ccc1OC(C)C(=O)NN=Cc1ccccn1. The molecular formula is C16H16ClN3O2. The molecular weight excluding hydrogens is 302 g/mol. The van der Waals surface area contributed by atoms with Crippen LogP contribution in [0.2, 0.25) is 5.02 Å². The van der Waals surface area contributed by atoms with Gasteiger partial charge in [0.2, 0.25) is 0 Å². The maximum absolute atomic E-state index is 11.9. The number of ether oxygens (including phenoxy) is 1. The normalized spacial score (nSPS) is 12.1. The van der Waals surface area contributed by atoms with Gasteiger partial charge in [-0.1, -0.05) is 17.7 Å². The van der Waals surface area contributed by atoms with Gasteiger partial charge < -0.3 is 4.74 Å². The zero-order valence-corrected chi connectivity index (χ0v) is 13.0. The number of carbonyl (C=O) groups is 1. The van der Waals surface area contributed by atoms with E-state index in [9.17, 15) is 4.79 Å². The van der Waals surface area contributed by atoms with Crippen molar-refractivity contribution in [3.63, 3.8) is 0 Å². The van der Waals surface area contributed by atoms with E-state index in [-0.39, 0.29) is 5.91 Å². The third kappa shape index (κ3) is 4.56. The minimum Gasteiger partial charge on any atom is -0.481 e. The Hall–Kier alpha value is -2.40. The van der Waals surface area contributed by atoms with Crippen LogP contribution < -0.4 is 10.2 Å². The average Bonchev–Trinajstić information content (AvgIpc) is 2.51. The van der Waals surface area contributed by atoms with Gasteiger partial charge in [0, 0.05) is 11.2 Å². The molecule has 114 valence electrons. The second-order valence-corrected chi connectivity index (χ2v) is 5.10. The van der Waals surface area contributed by atoms with E-state index in [0.717, 1.165) is 5.56 Å². The van der Waals surface area contributed by atoms with Crippen molar-refractivity contribution < 1.29 is 9.53 Å². The van der Waals surface area contributed by atoms with Crippen molar-refractivity contribution in [2.45, 2.75) is 20.0 Å². The number of aromatic nitrogens is 1. The van der Waals surface area contributed by atoms with Gasteiger partial charge in [0.1, 0.15) is 5.75 Å². The summed E-state index contributed by atoms with van der Waals surface area (Å²) in [5.74, 6) is 0.266. The van der Waals surface area contributed by atoms with Crippen LogP contribution in [0.1, 0.15) is 18.2 Å². The van der Waals surface area contributed by atoms with Crippen LogP contribution in [-0.4, -0.2) is 23.2 Å². The number of nitrogens with one attached hydrogen (secondary N) is 1. The number of nitrogens with zero attached hydrogens (tertiary/aromatic N) is 2. The number of hydrogen-bond acceptors (Lipinski definition) is 4. The summed E-state index contributed by atoms with van der Waals surface area (Å²) in [5.41, 5.74) is 3.94. The molecule has 0 radical (unpaired) electrons. The van der Waals surface area contributed by atoms with Crippen LogP contribution in [0.4, 0.5) is 0 Å². The molecule has 6 heteroatoms. The van der Waals surface area contributed by atoms with E-state index < -0.39 is 6.10 Å². The lowest BCUT2D eigenvalue weighted by Crippen LogP contribution is -2.33. The number of hydrogen-bond donors (Lipinski definition) is 1. The Bertz CT molecular complexity index is 674. The monoisotopic (exact) mass is 317 g/mol. The van der Waals surface area contributed by atoms with Gasteiger partial charge in [-0.2, -0.15) is 5.10 Å². The summed E-state index contributed by atoms with van der Waals surface area (Å²) in [6, 6.07) is 10.7. The molecule has 5 nitrogen and oxygen atoms in total. The fourth-order valence-corrected chi connectivity index (χ4v) is 1.92. The summed E-state index contributed by atoms with van der Waals surface area (Å²) >= 11 is 5.88. The number of rotatable bonds is 5. The second-order valence-electron chi connectivity index (χ2n) is 4.66. The lowest BCUT2D eigenvalue weighted by Gasteiger charge is -2.14. The van der Waals surface area contributed by atoms with E-state index in [1.165, 1.54) is 6.21 Å². The van der Waals surface area contributed by atoms with E-state index >= 15 is 0 Å². The highest BCUT2D eigenvalue weighted by Crippen LogP contribution is 2.22. The number of carbonyl (C=O) groups excluding carboxylic acids is 1. The second kappa shape index (κ2) is 7.56. The summed E-state index contributed by atoms with van der Waals surface area (Å²) in [5, 5.41) is 4.48. The van der Waals surface area contributed by atoms with Crippen molar-refractivity contribution in [3.05, 3.63) is 58.9 Å². The summed E-state index contributed by atoms with van der Waals surface area (Å²) in [4.78, 5) is 16.0. The fourth-order valence-electron chi connectivity index (χ4n) is 1.69. The highest BCUT2D eigenvalue weighted by molar-refractivity contribution is 6.30. The summed E-state index contributed by atoms with van der Waals surface area (Å²) in [7, 11) is 0. The predicted octanol–water partition coefficient (Wildman–Crippen LogP) is 2.96. The van der Waals surface area contributed by atoms with Crippen LogP contribution >= 0.6 is 11.6 Å².